The van der Waals surface area contributed by atoms with Crippen LogP contribution in [0.15, 0.2) is 18.2 Å². The van der Waals surface area contributed by atoms with Crippen LogP contribution in [0.4, 0.5) is 0 Å². The van der Waals surface area contributed by atoms with Gasteiger partial charge in [0.1, 0.15) is 5.75 Å². The lowest BCUT2D eigenvalue weighted by Crippen LogP contribution is -2.30. The highest BCUT2D eigenvalue weighted by molar-refractivity contribution is 6.30. The molecule has 98 valence electrons. The molecule has 0 radical (unpaired) electrons. The molecule has 0 bridgehead atoms. The normalized spacial score (nSPS) is 14.3. The molecule has 1 aromatic rings. The van der Waals surface area contributed by atoms with Gasteiger partial charge in [-0.25, -0.2) is 0 Å². The molecule has 0 aromatic heterocycles. The maximum atomic E-state index is 11.5. The van der Waals surface area contributed by atoms with Crippen LogP contribution in [-0.4, -0.2) is 19.1 Å². The Balaban J connectivity index is 1.84. The van der Waals surface area contributed by atoms with Gasteiger partial charge >= 0.3 is 0 Å². The van der Waals surface area contributed by atoms with Gasteiger partial charge in [0, 0.05) is 23.7 Å². The standard InChI is InChI=1S/C13H17ClN2O2/c14-11-4-3-10(6-15)12(5-11)18-8-13(17)16-7-9-1-2-9/h3-5,9H,1-2,6-8,15H2,(H,16,17). The fourth-order valence-corrected chi connectivity index (χ4v) is 1.77. The molecular weight excluding hydrogens is 252 g/mol. The van der Waals surface area contributed by atoms with Gasteiger partial charge in [-0.3, -0.25) is 4.79 Å². The van der Waals surface area contributed by atoms with E-state index < -0.39 is 0 Å². The molecule has 0 unspecified atom stereocenters. The molecule has 1 amide bonds. The Kier molecular flexibility index (Phi) is 4.44. The summed E-state index contributed by atoms with van der Waals surface area (Å²) in [4.78, 5) is 11.5. The summed E-state index contributed by atoms with van der Waals surface area (Å²) < 4.78 is 5.45. The molecule has 18 heavy (non-hydrogen) atoms. The van der Waals surface area contributed by atoms with Crippen molar-refractivity contribution in [2.24, 2.45) is 11.7 Å². The topological polar surface area (TPSA) is 64.3 Å². The number of amides is 1. The third kappa shape index (κ3) is 3.89. The highest BCUT2D eigenvalue weighted by atomic mass is 35.5. The molecule has 5 heteroatoms. The van der Waals surface area contributed by atoms with Crippen LogP contribution in [0, 0.1) is 5.92 Å². The summed E-state index contributed by atoms with van der Waals surface area (Å²) in [7, 11) is 0. The van der Waals surface area contributed by atoms with Crippen LogP contribution in [0.3, 0.4) is 0 Å². The number of halogens is 1. The van der Waals surface area contributed by atoms with E-state index in [9.17, 15) is 4.79 Å². The Morgan fingerprint density at radius 3 is 2.94 bits per heavy atom. The number of ether oxygens (including phenoxy) is 1. The van der Waals surface area contributed by atoms with Crippen LogP contribution in [0.2, 0.25) is 5.02 Å². The van der Waals surface area contributed by atoms with Crippen molar-refractivity contribution in [2.45, 2.75) is 19.4 Å². The fraction of sp³-hybridized carbons (Fsp3) is 0.462. The molecular formula is C13H17ClN2O2. The quantitative estimate of drug-likeness (QED) is 0.825. The van der Waals surface area contributed by atoms with Gasteiger partial charge in [-0.2, -0.15) is 0 Å². The summed E-state index contributed by atoms with van der Waals surface area (Å²) in [5.74, 6) is 1.14. The van der Waals surface area contributed by atoms with E-state index in [-0.39, 0.29) is 12.5 Å². The van der Waals surface area contributed by atoms with E-state index >= 15 is 0 Å². The number of carbonyl (C=O) groups excluding carboxylic acids is 1. The molecule has 1 aromatic carbocycles. The molecule has 0 aliphatic heterocycles. The zero-order valence-electron chi connectivity index (χ0n) is 10.1. The van der Waals surface area contributed by atoms with Gasteiger partial charge in [-0.15, -0.1) is 0 Å². The van der Waals surface area contributed by atoms with Crippen LogP contribution in [0.1, 0.15) is 18.4 Å². The van der Waals surface area contributed by atoms with E-state index in [0.717, 1.165) is 12.1 Å². The van der Waals surface area contributed by atoms with Crippen molar-refractivity contribution in [3.63, 3.8) is 0 Å². The Bertz CT molecular complexity index is 433. The molecule has 1 aliphatic carbocycles. The van der Waals surface area contributed by atoms with E-state index in [4.69, 9.17) is 22.1 Å². The first-order chi connectivity index (χ1) is 8.69. The van der Waals surface area contributed by atoms with Crippen LogP contribution in [0.5, 0.6) is 5.75 Å². The first kappa shape index (κ1) is 13.2. The number of carbonyl (C=O) groups is 1. The van der Waals surface area contributed by atoms with E-state index in [1.54, 1.807) is 18.2 Å². The van der Waals surface area contributed by atoms with Crippen molar-refractivity contribution in [3.8, 4) is 5.75 Å². The second-order valence-electron chi connectivity index (χ2n) is 4.49. The largest absolute Gasteiger partial charge is 0.483 e. The summed E-state index contributed by atoms with van der Waals surface area (Å²) in [5.41, 5.74) is 6.43. The predicted octanol–water partition coefficient (Wildman–Crippen LogP) is 1.70. The minimum absolute atomic E-state index is 0.0000617. The van der Waals surface area contributed by atoms with Crippen molar-refractivity contribution >= 4 is 17.5 Å². The molecule has 0 atom stereocenters. The smallest absolute Gasteiger partial charge is 0.257 e. The maximum Gasteiger partial charge on any atom is 0.257 e. The van der Waals surface area contributed by atoms with Crippen LogP contribution >= 0.6 is 11.6 Å². The van der Waals surface area contributed by atoms with Crippen molar-refractivity contribution in [2.75, 3.05) is 13.2 Å². The van der Waals surface area contributed by atoms with E-state index in [1.807, 2.05) is 0 Å². The van der Waals surface area contributed by atoms with Gasteiger partial charge < -0.3 is 15.8 Å². The zero-order chi connectivity index (χ0) is 13.0. The first-order valence-electron chi connectivity index (χ1n) is 6.07. The van der Waals surface area contributed by atoms with Crippen molar-refractivity contribution in [1.29, 1.82) is 0 Å². The van der Waals surface area contributed by atoms with E-state index in [2.05, 4.69) is 5.32 Å². The summed E-state index contributed by atoms with van der Waals surface area (Å²) in [5, 5.41) is 3.41. The third-order valence-corrected chi connectivity index (χ3v) is 3.13. The summed E-state index contributed by atoms with van der Waals surface area (Å²) >= 11 is 5.88. The molecule has 1 saturated carbocycles. The highest BCUT2D eigenvalue weighted by Gasteiger charge is 2.21. The third-order valence-electron chi connectivity index (χ3n) is 2.89. The fourth-order valence-electron chi connectivity index (χ4n) is 1.61. The summed E-state index contributed by atoms with van der Waals surface area (Å²) in [6.45, 7) is 1.11. The molecule has 1 aliphatic rings. The number of hydrogen-bond acceptors (Lipinski definition) is 3. The molecule has 0 heterocycles. The van der Waals surface area contributed by atoms with Gasteiger partial charge in [0.05, 0.1) is 0 Å². The minimum Gasteiger partial charge on any atom is -0.483 e. The predicted molar refractivity (Wildman–Crippen MR) is 70.6 cm³/mol. The van der Waals surface area contributed by atoms with Crippen LogP contribution in [0.25, 0.3) is 0 Å². The number of benzene rings is 1. The molecule has 0 spiro atoms. The molecule has 0 saturated heterocycles. The Hall–Kier alpha value is -1.26. The average molecular weight is 269 g/mol. The molecule has 1 fully saturated rings. The van der Waals surface area contributed by atoms with Gasteiger partial charge in [-0.05, 0) is 30.9 Å². The second-order valence-corrected chi connectivity index (χ2v) is 4.93. The van der Waals surface area contributed by atoms with E-state index in [1.165, 1.54) is 12.8 Å². The molecule has 2 rings (SSSR count). The van der Waals surface area contributed by atoms with Gasteiger partial charge in [0.25, 0.3) is 5.91 Å². The maximum absolute atomic E-state index is 11.5. The van der Waals surface area contributed by atoms with Crippen molar-refractivity contribution in [3.05, 3.63) is 28.8 Å². The highest BCUT2D eigenvalue weighted by Crippen LogP contribution is 2.27. The van der Waals surface area contributed by atoms with Gasteiger partial charge in [-0.1, -0.05) is 17.7 Å². The molecule has 4 nitrogen and oxygen atoms in total. The number of nitrogens with one attached hydrogen (secondary N) is 1. The number of rotatable bonds is 6. The van der Waals surface area contributed by atoms with Crippen molar-refractivity contribution in [1.82, 2.24) is 5.32 Å². The lowest BCUT2D eigenvalue weighted by atomic mass is 10.2. The SMILES string of the molecule is NCc1ccc(Cl)cc1OCC(=O)NCC1CC1. The van der Waals surface area contributed by atoms with Crippen LogP contribution in [-0.2, 0) is 11.3 Å². The second kappa shape index (κ2) is 6.07. The summed E-state index contributed by atoms with van der Waals surface area (Å²) in [6, 6.07) is 5.24. The number of hydrogen-bond donors (Lipinski definition) is 2. The van der Waals surface area contributed by atoms with Crippen LogP contribution < -0.4 is 15.8 Å². The lowest BCUT2D eigenvalue weighted by molar-refractivity contribution is -0.123. The van der Waals surface area contributed by atoms with Gasteiger partial charge in [0.15, 0.2) is 6.61 Å². The average Bonchev–Trinajstić information content (AvgIpc) is 3.18. The number of nitrogens with two attached hydrogens (primary N) is 1. The first-order valence-corrected chi connectivity index (χ1v) is 6.45. The van der Waals surface area contributed by atoms with Gasteiger partial charge in [0.2, 0.25) is 0 Å². The van der Waals surface area contributed by atoms with E-state index in [0.29, 0.717) is 23.2 Å². The summed E-state index contributed by atoms with van der Waals surface area (Å²) in [6.07, 6.45) is 2.43. The lowest BCUT2D eigenvalue weighted by Gasteiger charge is -2.10. The van der Waals surface area contributed by atoms with Crippen molar-refractivity contribution < 1.29 is 9.53 Å². The zero-order valence-corrected chi connectivity index (χ0v) is 10.9. The monoisotopic (exact) mass is 268 g/mol. The Morgan fingerprint density at radius 2 is 2.28 bits per heavy atom. The minimum atomic E-state index is -0.107. The Morgan fingerprint density at radius 1 is 1.50 bits per heavy atom. The Labute approximate surface area is 111 Å². The molecule has 3 N–H and O–H groups in total.